The minimum atomic E-state index is -0.413. The van der Waals surface area contributed by atoms with Crippen molar-refractivity contribution < 1.29 is 9.50 Å². The van der Waals surface area contributed by atoms with E-state index in [2.05, 4.69) is 0 Å². The van der Waals surface area contributed by atoms with Crippen molar-refractivity contribution in [3.05, 3.63) is 29.1 Å². The first kappa shape index (κ1) is 7.55. The molecule has 2 rings (SSSR count). The van der Waals surface area contributed by atoms with Crippen LogP contribution in [0.3, 0.4) is 0 Å². The van der Waals surface area contributed by atoms with Crippen LogP contribution in [0.5, 0.6) is 5.75 Å². The first-order valence-corrected chi connectivity index (χ1v) is 3.95. The van der Waals surface area contributed by atoms with Crippen LogP contribution < -0.4 is 5.73 Å². The molecular formula is C9H10FNO. The number of aromatic hydroxyl groups is 1. The van der Waals surface area contributed by atoms with Crippen molar-refractivity contribution in [1.82, 2.24) is 0 Å². The number of nitrogens with two attached hydrogens (primary N) is 1. The second kappa shape index (κ2) is 2.45. The molecule has 0 spiro atoms. The summed E-state index contributed by atoms with van der Waals surface area (Å²) in [5.74, 6) is -0.374. The van der Waals surface area contributed by atoms with Crippen LogP contribution in [0.1, 0.15) is 23.6 Å². The zero-order valence-corrected chi connectivity index (χ0v) is 6.55. The maximum absolute atomic E-state index is 12.8. The molecule has 64 valence electrons. The Morgan fingerprint density at radius 2 is 2.25 bits per heavy atom. The van der Waals surface area contributed by atoms with E-state index in [9.17, 15) is 9.50 Å². The summed E-state index contributed by atoms with van der Waals surface area (Å²) in [6.07, 6.45) is 1.55. The van der Waals surface area contributed by atoms with Crippen LogP contribution in [-0.2, 0) is 6.42 Å². The van der Waals surface area contributed by atoms with Crippen molar-refractivity contribution in [3.8, 4) is 5.75 Å². The van der Waals surface area contributed by atoms with E-state index in [4.69, 9.17) is 5.73 Å². The molecule has 3 N–H and O–H groups in total. The summed E-state index contributed by atoms with van der Waals surface area (Å²) in [6, 6.07) is 2.44. The molecule has 0 fully saturated rings. The number of phenolic OH excluding ortho intramolecular Hbond substituents is 1. The summed E-state index contributed by atoms with van der Waals surface area (Å²) in [5, 5.41) is 9.33. The van der Waals surface area contributed by atoms with Crippen LogP contribution in [0.4, 0.5) is 4.39 Å². The lowest BCUT2D eigenvalue weighted by Crippen LogP contribution is -2.05. The second-order valence-electron chi connectivity index (χ2n) is 3.14. The number of hydrogen-bond acceptors (Lipinski definition) is 2. The van der Waals surface area contributed by atoms with Crippen LogP contribution in [-0.4, -0.2) is 5.11 Å². The molecule has 1 aliphatic rings. The largest absolute Gasteiger partial charge is 0.508 e. The summed E-state index contributed by atoms with van der Waals surface area (Å²) < 4.78 is 12.8. The predicted molar refractivity (Wildman–Crippen MR) is 43.3 cm³/mol. The van der Waals surface area contributed by atoms with Crippen molar-refractivity contribution in [2.75, 3.05) is 0 Å². The average Bonchev–Trinajstić information content (AvgIpc) is 2.33. The van der Waals surface area contributed by atoms with E-state index in [1.807, 2.05) is 0 Å². The van der Waals surface area contributed by atoms with Crippen molar-refractivity contribution in [1.29, 1.82) is 0 Å². The van der Waals surface area contributed by atoms with E-state index in [0.29, 0.717) is 0 Å². The second-order valence-corrected chi connectivity index (χ2v) is 3.14. The van der Waals surface area contributed by atoms with Gasteiger partial charge < -0.3 is 10.8 Å². The maximum Gasteiger partial charge on any atom is 0.127 e. The molecule has 0 saturated heterocycles. The summed E-state index contributed by atoms with van der Waals surface area (Å²) in [7, 11) is 0. The quantitative estimate of drug-likeness (QED) is 0.614. The van der Waals surface area contributed by atoms with Gasteiger partial charge in [0.1, 0.15) is 11.6 Å². The molecule has 0 heterocycles. The number of benzene rings is 1. The van der Waals surface area contributed by atoms with Gasteiger partial charge in [0.25, 0.3) is 0 Å². The highest BCUT2D eigenvalue weighted by molar-refractivity contribution is 5.44. The topological polar surface area (TPSA) is 46.2 Å². The molecule has 1 atom stereocenters. The Hall–Kier alpha value is -1.09. The third-order valence-electron chi connectivity index (χ3n) is 2.33. The third-order valence-corrected chi connectivity index (χ3v) is 2.33. The smallest absolute Gasteiger partial charge is 0.127 e. The van der Waals surface area contributed by atoms with Crippen molar-refractivity contribution >= 4 is 0 Å². The molecule has 0 aromatic heterocycles. The molecule has 1 unspecified atom stereocenters. The lowest BCUT2D eigenvalue weighted by Gasteiger charge is -2.05. The van der Waals surface area contributed by atoms with Gasteiger partial charge in [-0.05, 0) is 30.0 Å². The Kier molecular flexibility index (Phi) is 1.54. The van der Waals surface area contributed by atoms with Gasteiger partial charge in [0, 0.05) is 12.1 Å². The SMILES string of the molecule is NC1CCc2c(O)cc(F)cc21. The molecule has 2 nitrogen and oxygen atoms in total. The Balaban J connectivity index is 2.60. The number of halogens is 1. The van der Waals surface area contributed by atoms with Gasteiger partial charge in [-0.15, -0.1) is 0 Å². The van der Waals surface area contributed by atoms with Crippen molar-refractivity contribution in [2.24, 2.45) is 5.73 Å². The fraction of sp³-hybridized carbons (Fsp3) is 0.333. The van der Waals surface area contributed by atoms with Crippen molar-refractivity contribution in [2.45, 2.75) is 18.9 Å². The first-order chi connectivity index (χ1) is 5.68. The van der Waals surface area contributed by atoms with Crippen LogP contribution in [0.2, 0.25) is 0 Å². The van der Waals surface area contributed by atoms with E-state index < -0.39 is 5.82 Å². The molecule has 12 heavy (non-hydrogen) atoms. The zero-order chi connectivity index (χ0) is 8.72. The summed E-state index contributed by atoms with van der Waals surface area (Å²) >= 11 is 0. The van der Waals surface area contributed by atoms with Crippen LogP contribution in [0, 0.1) is 5.82 Å². The highest BCUT2D eigenvalue weighted by Crippen LogP contribution is 2.35. The maximum atomic E-state index is 12.8. The molecule has 1 aromatic rings. The van der Waals surface area contributed by atoms with E-state index in [1.165, 1.54) is 6.07 Å². The number of fused-ring (bicyclic) bond motifs is 1. The van der Waals surface area contributed by atoms with Gasteiger partial charge >= 0.3 is 0 Å². The van der Waals surface area contributed by atoms with Crippen LogP contribution in [0.15, 0.2) is 12.1 Å². The Bertz CT molecular complexity index is 325. The van der Waals surface area contributed by atoms with E-state index in [-0.39, 0.29) is 11.8 Å². The van der Waals surface area contributed by atoms with Gasteiger partial charge in [-0.3, -0.25) is 0 Å². The van der Waals surface area contributed by atoms with E-state index >= 15 is 0 Å². The fourth-order valence-corrected chi connectivity index (χ4v) is 1.70. The van der Waals surface area contributed by atoms with Gasteiger partial charge in [-0.2, -0.15) is 0 Å². The molecule has 1 aromatic carbocycles. The summed E-state index contributed by atoms with van der Waals surface area (Å²) in [6.45, 7) is 0. The van der Waals surface area contributed by atoms with E-state index in [0.717, 1.165) is 30.0 Å². The van der Waals surface area contributed by atoms with Crippen LogP contribution >= 0.6 is 0 Å². The Labute approximate surface area is 69.8 Å². The normalized spacial score (nSPS) is 21.0. The molecule has 0 bridgehead atoms. The predicted octanol–water partition coefficient (Wildman–Crippen LogP) is 1.48. The molecule has 0 amide bonds. The highest BCUT2D eigenvalue weighted by atomic mass is 19.1. The average molecular weight is 167 g/mol. The monoisotopic (exact) mass is 167 g/mol. The number of hydrogen-bond donors (Lipinski definition) is 2. The minimum absolute atomic E-state index is 0.0398. The Morgan fingerprint density at radius 3 is 3.00 bits per heavy atom. The van der Waals surface area contributed by atoms with Crippen molar-refractivity contribution in [3.63, 3.8) is 0 Å². The molecular weight excluding hydrogens is 157 g/mol. The molecule has 3 heteroatoms. The van der Waals surface area contributed by atoms with Gasteiger partial charge in [-0.1, -0.05) is 0 Å². The molecule has 0 radical (unpaired) electrons. The third kappa shape index (κ3) is 0.975. The van der Waals surface area contributed by atoms with Gasteiger partial charge in [0.15, 0.2) is 0 Å². The lowest BCUT2D eigenvalue weighted by atomic mass is 10.1. The van der Waals surface area contributed by atoms with Gasteiger partial charge in [-0.25, -0.2) is 4.39 Å². The standard InChI is InChI=1S/C9H10FNO/c10-5-3-7-6(9(12)4-5)1-2-8(7)11/h3-4,8,12H,1-2,11H2. The Morgan fingerprint density at radius 1 is 1.50 bits per heavy atom. The highest BCUT2D eigenvalue weighted by Gasteiger charge is 2.22. The summed E-state index contributed by atoms with van der Waals surface area (Å²) in [4.78, 5) is 0. The number of rotatable bonds is 0. The molecule has 1 aliphatic carbocycles. The first-order valence-electron chi connectivity index (χ1n) is 3.95. The zero-order valence-electron chi connectivity index (χ0n) is 6.55. The number of phenols is 1. The molecule has 0 saturated carbocycles. The van der Waals surface area contributed by atoms with Gasteiger partial charge in [0.05, 0.1) is 0 Å². The lowest BCUT2D eigenvalue weighted by molar-refractivity contribution is 0.463. The fourth-order valence-electron chi connectivity index (χ4n) is 1.70. The van der Waals surface area contributed by atoms with Gasteiger partial charge in [0.2, 0.25) is 0 Å². The van der Waals surface area contributed by atoms with E-state index in [1.54, 1.807) is 0 Å². The van der Waals surface area contributed by atoms with Crippen LogP contribution in [0.25, 0.3) is 0 Å². The molecule has 0 aliphatic heterocycles. The minimum Gasteiger partial charge on any atom is -0.508 e. The summed E-state index contributed by atoms with van der Waals surface area (Å²) in [5.41, 5.74) is 7.27.